The van der Waals surface area contributed by atoms with Gasteiger partial charge < -0.3 is 14.5 Å². The predicted octanol–water partition coefficient (Wildman–Crippen LogP) is 1.05. The van der Waals surface area contributed by atoms with E-state index in [4.69, 9.17) is 4.74 Å². The molecule has 2 fully saturated rings. The fraction of sp³-hybridized carbons (Fsp3) is 0.500. The van der Waals surface area contributed by atoms with Gasteiger partial charge >= 0.3 is 6.01 Å². The molecule has 1 atom stereocenters. The summed E-state index contributed by atoms with van der Waals surface area (Å²) in [5, 5.41) is 0. The summed E-state index contributed by atoms with van der Waals surface area (Å²) in [6.07, 6.45) is 10.1. The maximum absolute atomic E-state index is 12.5. The monoisotopic (exact) mass is 396 g/mol. The zero-order chi connectivity index (χ0) is 20.1. The highest BCUT2D eigenvalue weighted by molar-refractivity contribution is 5.93. The van der Waals surface area contributed by atoms with E-state index in [1.54, 1.807) is 30.9 Å². The lowest BCUT2D eigenvalue weighted by atomic mass is 9.96. The molecule has 152 valence electrons. The molecule has 0 N–H and O–H groups in total. The van der Waals surface area contributed by atoms with Crippen LogP contribution < -0.4 is 4.74 Å². The van der Waals surface area contributed by atoms with Gasteiger partial charge in [0.2, 0.25) is 5.91 Å². The molecule has 29 heavy (non-hydrogen) atoms. The average Bonchev–Trinajstić information content (AvgIpc) is 3.13. The van der Waals surface area contributed by atoms with Crippen LogP contribution in [0.1, 0.15) is 29.6 Å². The molecule has 2 aromatic heterocycles. The Bertz CT molecular complexity index is 827. The quantitative estimate of drug-likeness (QED) is 0.719. The van der Waals surface area contributed by atoms with E-state index in [-0.39, 0.29) is 17.7 Å². The van der Waals surface area contributed by atoms with Crippen molar-refractivity contribution in [2.24, 2.45) is 11.8 Å². The number of rotatable bonds is 6. The average molecular weight is 396 g/mol. The molecule has 0 saturated carbocycles. The first-order valence-corrected chi connectivity index (χ1v) is 9.91. The summed E-state index contributed by atoms with van der Waals surface area (Å²) in [6, 6.07) is 2.08. The van der Waals surface area contributed by atoms with Gasteiger partial charge in [0.15, 0.2) is 0 Å². The van der Waals surface area contributed by atoms with Crippen LogP contribution in [0.2, 0.25) is 0 Å². The first kappa shape index (κ1) is 19.2. The van der Waals surface area contributed by atoms with Gasteiger partial charge in [-0.25, -0.2) is 19.9 Å². The lowest BCUT2D eigenvalue weighted by Crippen LogP contribution is -2.42. The van der Waals surface area contributed by atoms with E-state index in [1.807, 2.05) is 9.80 Å². The Morgan fingerprint density at radius 2 is 1.83 bits per heavy atom. The Hall–Kier alpha value is -3.10. The van der Waals surface area contributed by atoms with Crippen molar-refractivity contribution in [3.63, 3.8) is 0 Å². The SMILES string of the molecule is O=C1CC(COc2ncccn2)CN1CC1CCN(C(=O)c2cncnc2)CC1. The van der Waals surface area contributed by atoms with Crippen molar-refractivity contribution >= 4 is 11.8 Å². The summed E-state index contributed by atoms with van der Waals surface area (Å²) in [6.45, 7) is 3.27. The molecule has 4 heterocycles. The normalized spacial score (nSPS) is 20.1. The number of hydrogen-bond donors (Lipinski definition) is 0. The smallest absolute Gasteiger partial charge is 0.316 e. The van der Waals surface area contributed by atoms with Crippen molar-refractivity contribution in [1.29, 1.82) is 0 Å². The molecule has 2 saturated heterocycles. The summed E-state index contributed by atoms with van der Waals surface area (Å²) >= 11 is 0. The van der Waals surface area contributed by atoms with Gasteiger partial charge in [-0.05, 0) is 24.8 Å². The Balaban J connectivity index is 1.22. The van der Waals surface area contributed by atoms with Gasteiger partial charge in [-0.15, -0.1) is 0 Å². The highest BCUT2D eigenvalue weighted by atomic mass is 16.5. The molecule has 4 rings (SSSR count). The largest absolute Gasteiger partial charge is 0.463 e. The molecule has 9 heteroatoms. The number of ether oxygens (including phenoxy) is 1. The zero-order valence-corrected chi connectivity index (χ0v) is 16.2. The summed E-state index contributed by atoms with van der Waals surface area (Å²) in [5.74, 6) is 0.715. The Labute approximate surface area is 169 Å². The minimum Gasteiger partial charge on any atom is -0.463 e. The van der Waals surface area contributed by atoms with Crippen LogP contribution in [0.4, 0.5) is 0 Å². The van der Waals surface area contributed by atoms with E-state index < -0.39 is 0 Å². The van der Waals surface area contributed by atoms with Crippen molar-refractivity contribution in [2.45, 2.75) is 19.3 Å². The summed E-state index contributed by atoms with van der Waals surface area (Å²) < 4.78 is 5.60. The van der Waals surface area contributed by atoms with Crippen molar-refractivity contribution < 1.29 is 14.3 Å². The summed E-state index contributed by atoms with van der Waals surface area (Å²) in [4.78, 5) is 44.6. The molecule has 2 aliphatic heterocycles. The number of amides is 2. The molecule has 2 aromatic rings. The second kappa shape index (κ2) is 8.93. The lowest BCUT2D eigenvalue weighted by molar-refractivity contribution is -0.128. The highest BCUT2D eigenvalue weighted by Gasteiger charge is 2.33. The maximum atomic E-state index is 12.5. The fourth-order valence-corrected chi connectivity index (χ4v) is 3.92. The molecule has 0 spiro atoms. The van der Waals surface area contributed by atoms with E-state index in [9.17, 15) is 9.59 Å². The van der Waals surface area contributed by atoms with Crippen LogP contribution in [0.15, 0.2) is 37.2 Å². The lowest BCUT2D eigenvalue weighted by Gasteiger charge is -2.34. The van der Waals surface area contributed by atoms with E-state index in [2.05, 4.69) is 19.9 Å². The van der Waals surface area contributed by atoms with Crippen molar-refractivity contribution in [1.82, 2.24) is 29.7 Å². The topological polar surface area (TPSA) is 101 Å². The van der Waals surface area contributed by atoms with Crippen molar-refractivity contribution in [3.05, 3.63) is 42.7 Å². The fourth-order valence-electron chi connectivity index (χ4n) is 3.92. The Kier molecular flexibility index (Phi) is 5.92. The molecular weight excluding hydrogens is 372 g/mol. The van der Waals surface area contributed by atoms with Crippen LogP contribution in [0, 0.1) is 11.8 Å². The van der Waals surface area contributed by atoms with E-state index in [1.165, 1.54) is 6.33 Å². The first-order valence-electron chi connectivity index (χ1n) is 9.91. The van der Waals surface area contributed by atoms with Gasteiger partial charge in [0.05, 0.1) is 12.2 Å². The molecule has 9 nitrogen and oxygen atoms in total. The summed E-state index contributed by atoms with van der Waals surface area (Å²) in [5.41, 5.74) is 0.519. The highest BCUT2D eigenvalue weighted by Crippen LogP contribution is 2.24. The van der Waals surface area contributed by atoms with Gasteiger partial charge in [0, 0.05) is 63.3 Å². The number of carbonyl (C=O) groups excluding carboxylic acids is 2. The molecule has 2 amide bonds. The van der Waals surface area contributed by atoms with Gasteiger partial charge in [0.25, 0.3) is 5.91 Å². The van der Waals surface area contributed by atoms with Gasteiger partial charge in [0.1, 0.15) is 6.33 Å². The molecule has 0 aliphatic carbocycles. The third-order valence-corrected chi connectivity index (χ3v) is 5.47. The number of carbonyl (C=O) groups is 2. The van der Waals surface area contributed by atoms with E-state index in [0.717, 1.165) is 19.4 Å². The van der Waals surface area contributed by atoms with Crippen LogP contribution in [-0.2, 0) is 4.79 Å². The van der Waals surface area contributed by atoms with Crippen LogP contribution in [0.25, 0.3) is 0 Å². The molecule has 0 radical (unpaired) electrons. The standard InChI is InChI=1S/C20H24N6O3/c27-18-8-16(13-29-20-23-4-1-5-24-20)12-26(18)11-15-2-6-25(7-3-15)19(28)17-9-21-14-22-10-17/h1,4-5,9-10,14-16H,2-3,6-8,11-13H2. The van der Waals surface area contributed by atoms with Crippen LogP contribution in [0.3, 0.4) is 0 Å². The van der Waals surface area contributed by atoms with Crippen molar-refractivity contribution in [3.8, 4) is 6.01 Å². The number of hydrogen-bond acceptors (Lipinski definition) is 7. The third-order valence-electron chi connectivity index (χ3n) is 5.47. The zero-order valence-electron chi connectivity index (χ0n) is 16.2. The minimum absolute atomic E-state index is 0.0263. The van der Waals surface area contributed by atoms with Crippen molar-refractivity contribution in [2.75, 3.05) is 32.8 Å². The first-order chi connectivity index (χ1) is 14.2. The predicted molar refractivity (Wildman–Crippen MR) is 103 cm³/mol. The van der Waals surface area contributed by atoms with Gasteiger partial charge in [-0.3, -0.25) is 9.59 Å². The molecule has 0 bridgehead atoms. The second-order valence-corrected chi connectivity index (χ2v) is 7.57. The summed E-state index contributed by atoms with van der Waals surface area (Å²) in [7, 11) is 0. The number of nitrogens with zero attached hydrogens (tertiary/aromatic N) is 6. The Morgan fingerprint density at radius 1 is 1.10 bits per heavy atom. The third kappa shape index (κ3) is 4.85. The van der Waals surface area contributed by atoms with Crippen LogP contribution in [0.5, 0.6) is 6.01 Å². The molecule has 1 unspecified atom stereocenters. The number of likely N-dealkylation sites (tertiary alicyclic amines) is 2. The Morgan fingerprint density at radius 3 is 2.55 bits per heavy atom. The van der Waals surface area contributed by atoms with Gasteiger partial charge in [-0.1, -0.05) is 0 Å². The van der Waals surface area contributed by atoms with Crippen LogP contribution >= 0.6 is 0 Å². The molecule has 0 aromatic carbocycles. The second-order valence-electron chi connectivity index (χ2n) is 7.57. The molecule has 2 aliphatic rings. The van der Waals surface area contributed by atoms with E-state index >= 15 is 0 Å². The maximum Gasteiger partial charge on any atom is 0.316 e. The minimum atomic E-state index is -0.0263. The van der Waals surface area contributed by atoms with Crippen LogP contribution in [-0.4, -0.2) is 74.3 Å². The molecular formula is C20H24N6O3. The number of aromatic nitrogens is 4. The van der Waals surface area contributed by atoms with E-state index in [0.29, 0.717) is 50.2 Å². The van der Waals surface area contributed by atoms with Gasteiger partial charge in [-0.2, -0.15) is 0 Å². The number of piperidine rings is 1.